The van der Waals surface area contributed by atoms with Crippen LogP contribution in [0, 0.1) is 0 Å². The number of amides is 1. The summed E-state index contributed by atoms with van der Waals surface area (Å²) in [7, 11) is 0.0473. The lowest BCUT2D eigenvalue weighted by atomic mass is 10.2. The molecule has 0 spiro atoms. The summed E-state index contributed by atoms with van der Waals surface area (Å²) in [5.74, 6) is 0.409. The van der Waals surface area contributed by atoms with Gasteiger partial charge in [-0.2, -0.15) is 4.31 Å². The number of benzene rings is 2. The molecule has 1 fully saturated rings. The van der Waals surface area contributed by atoms with Crippen molar-refractivity contribution in [1.82, 2.24) is 9.21 Å². The molecule has 1 aliphatic heterocycles. The molecule has 0 saturated carbocycles. The maximum atomic E-state index is 12.7. The molecule has 1 aliphatic rings. The number of rotatable bonds is 6. The maximum absolute atomic E-state index is 12.7. The molecule has 0 bridgehead atoms. The van der Waals surface area contributed by atoms with Gasteiger partial charge in [0, 0.05) is 37.9 Å². The van der Waals surface area contributed by atoms with Gasteiger partial charge in [0.05, 0.1) is 12.0 Å². The molecule has 0 unspecified atom stereocenters. The van der Waals surface area contributed by atoms with Gasteiger partial charge in [-0.05, 0) is 55.1 Å². The predicted molar refractivity (Wildman–Crippen MR) is 113 cm³/mol. The van der Waals surface area contributed by atoms with E-state index in [9.17, 15) is 13.2 Å². The van der Waals surface area contributed by atoms with E-state index in [4.69, 9.17) is 4.74 Å². The summed E-state index contributed by atoms with van der Waals surface area (Å²) in [6, 6.07) is 13.6. The van der Waals surface area contributed by atoms with E-state index < -0.39 is 10.0 Å². The minimum absolute atomic E-state index is 0.229. The fourth-order valence-electron chi connectivity index (χ4n) is 2.99. The zero-order valence-electron chi connectivity index (χ0n) is 16.5. The van der Waals surface area contributed by atoms with Crippen molar-refractivity contribution in [3.63, 3.8) is 0 Å². The summed E-state index contributed by atoms with van der Waals surface area (Å²) in [6.45, 7) is 2.39. The van der Waals surface area contributed by atoms with Gasteiger partial charge in [-0.3, -0.25) is 4.79 Å². The van der Waals surface area contributed by atoms with Gasteiger partial charge in [-0.1, -0.05) is 12.1 Å². The highest BCUT2D eigenvalue weighted by Gasteiger charge is 2.27. The molecule has 0 aromatic heterocycles. The van der Waals surface area contributed by atoms with Crippen molar-refractivity contribution in [2.75, 3.05) is 45.7 Å². The van der Waals surface area contributed by atoms with Gasteiger partial charge in [-0.25, -0.2) is 8.42 Å². The third-order valence-electron chi connectivity index (χ3n) is 4.74. The highest BCUT2D eigenvalue weighted by atomic mass is 32.2. The van der Waals surface area contributed by atoms with Crippen LogP contribution in [0.15, 0.2) is 59.5 Å². The number of methoxy groups -OCH3 is 1. The van der Waals surface area contributed by atoms with Crippen LogP contribution < -0.4 is 10.1 Å². The maximum Gasteiger partial charge on any atom is 0.248 e. The Labute approximate surface area is 171 Å². The normalized spacial score (nSPS) is 16.1. The van der Waals surface area contributed by atoms with Gasteiger partial charge in [0.15, 0.2) is 0 Å². The van der Waals surface area contributed by atoms with Crippen molar-refractivity contribution in [3.05, 3.63) is 60.2 Å². The van der Waals surface area contributed by atoms with Crippen molar-refractivity contribution in [1.29, 1.82) is 0 Å². The number of nitrogens with one attached hydrogen (secondary N) is 1. The molecule has 0 aliphatic carbocycles. The van der Waals surface area contributed by atoms with Crippen LogP contribution in [0.4, 0.5) is 5.69 Å². The first kappa shape index (κ1) is 21.0. The van der Waals surface area contributed by atoms with Crippen LogP contribution in [0.2, 0.25) is 0 Å². The van der Waals surface area contributed by atoms with Crippen LogP contribution >= 0.6 is 0 Å². The number of sulfonamides is 1. The van der Waals surface area contributed by atoms with E-state index in [-0.39, 0.29) is 10.8 Å². The van der Waals surface area contributed by atoms with Crippen molar-refractivity contribution >= 4 is 27.7 Å². The number of hydrogen-bond acceptors (Lipinski definition) is 5. The van der Waals surface area contributed by atoms with E-state index in [1.807, 2.05) is 31.3 Å². The van der Waals surface area contributed by atoms with Crippen molar-refractivity contribution in [2.24, 2.45) is 0 Å². The SMILES string of the molecule is COc1cccc(/C=C/C(=O)Nc2ccc(S(=O)(=O)N3CCN(C)CC3)cc2)c1. The second-order valence-corrected chi connectivity index (χ2v) is 8.77. The number of carbonyl (C=O) groups is 1. The lowest BCUT2D eigenvalue weighted by Gasteiger charge is -2.31. The molecule has 1 heterocycles. The summed E-state index contributed by atoms with van der Waals surface area (Å²) in [5, 5.41) is 2.73. The zero-order valence-corrected chi connectivity index (χ0v) is 17.4. The monoisotopic (exact) mass is 415 g/mol. The number of ether oxygens (including phenoxy) is 1. The average Bonchev–Trinajstić information content (AvgIpc) is 2.73. The van der Waals surface area contributed by atoms with Crippen molar-refractivity contribution in [2.45, 2.75) is 4.90 Å². The Morgan fingerprint density at radius 2 is 1.76 bits per heavy atom. The molecule has 8 heteroatoms. The summed E-state index contributed by atoms with van der Waals surface area (Å²) >= 11 is 0. The van der Waals surface area contributed by atoms with Crippen LogP contribution in [0.25, 0.3) is 6.08 Å². The van der Waals surface area contributed by atoms with Crippen LogP contribution in [-0.2, 0) is 14.8 Å². The summed E-state index contributed by atoms with van der Waals surface area (Å²) in [6.07, 6.45) is 3.10. The largest absolute Gasteiger partial charge is 0.497 e. The minimum Gasteiger partial charge on any atom is -0.497 e. The predicted octanol–water partition coefficient (Wildman–Crippen LogP) is 2.28. The second kappa shape index (κ2) is 9.21. The van der Waals surface area contributed by atoms with Gasteiger partial charge in [-0.15, -0.1) is 0 Å². The molecule has 0 atom stereocenters. The standard InChI is InChI=1S/C21H25N3O4S/c1-23-12-14-24(15-13-23)29(26,27)20-9-7-18(8-10-20)22-21(25)11-6-17-4-3-5-19(16-17)28-2/h3-11,16H,12-15H2,1-2H3,(H,22,25)/b11-6+. The molecule has 1 saturated heterocycles. The Morgan fingerprint density at radius 3 is 2.41 bits per heavy atom. The molecule has 3 rings (SSSR count). The molecule has 7 nitrogen and oxygen atoms in total. The number of likely N-dealkylation sites (N-methyl/N-ethyl adjacent to an activating group) is 1. The van der Waals surface area contributed by atoms with Crippen LogP contribution in [0.1, 0.15) is 5.56 Å². The quantitative estimate of drug-likeness (QED) is 0.733. The number of nitrogens with zero attached hydrogens (tertiary/aromatic N) is 2. The van der Waals surface area contributed by atoms with Gasteiger partial charge < -0.3 is 15.0 Å². The van der Waals surface area contributed by atoms with Gasteiger partial charge in [0.1, 0.15) is 5.75 Å². The van der Waals surface area contributed by atoms with E-state index in [1.54, 1.807) is 25.3 Å². The van der Waals surface area contributed by atoms with Crippen LogP contribution in [0.5, 0.6) is 5.75 Å². The van der Waals surface area contributed by atoms with E-state index >= 15 is 0 Å². The fourth-order valence-corrected chi connectivity index (χ4v) is 4.41. The summed E-state index contributed by atoms with van der Waals surface area (Å²) < 4.78 is 32.1. The lowest BCUT2D eigenvalue weighted by molar-refractivity contribution is -0.111. The number of piperazine rings is 1. The number of carbonyl (C=O) groups excluding carboxylic acids is 1. The summed E-state index contributed by atoms with van der Waals surface area (Å²) in [4.78, 5) is 14.5. The molecular formula is C21H25N3O4S. The molecule has 29 heavy (non-hydrogen) atoms. The minimum atomic E-state index is -3.52. The third kappa shape index (κ3) is 5.44. The van der Waals surface area contributed by atoms with E-state index in [0.717, 1.165) is 5.56 Å². The molecule has 154 valence electrons. The highest BCUT2D eigenvalue weighted by molar-refractivity contribution is 7.89. The lowest BCUT2D eigenvalue weighted by Crippen LogP contribution is -2.46. The Kier molecular flexibility index (Phi) is 6.68. The number of anilines is 1. The third-order valence-corrected chi connectivity index (χ3v) is 6.66. The Hall–Kier alpha value is -2.68. The van der Waals surface area contributed by atoms with Crippen LogP contribution in [-0.4, -0.2) is 63.9 Å². The smallest absolute Gasteiger partial charge is 0.248 e. The first-order valence-electron chi connectivity index (χ1n) is 9.30. The van der Waals surface area contributed by atoms with Gasteiger partial charge in [0.25, 0.3) is 0 Å². The molecule has 0 radical (unpaired) electrons. The average molecular weight is 416 g/mol. The van der Waals surface area contributed by atoms with Crippen molar-refractivity contribution < 1.29 is 17.9 Å². The fraction of sp³-hybridized carbons (Fsp3) is 0.286. The topological polar surface area (TPSA) is 78.9 Å². The Balaban J connectivity index is 1.62. The second-order valence-electron chi connectivity index (χ2n) is 6.83. The first-order valence-corrected chi connectivity index (χ1v) is 10.7. The van der Waals surface area contributed by atoms with E-state index in [1.165, 1.54) is 22.5 Å². The van der Waals surface area contributed by atoms with Gasteiger partial charge in [0.2, 0.25) is 15.9 Å². The molecule has 2 aromatic rings. The first-order chi connectivity index (χ1) is 13.9. The Morgan fingerprint density at radius 1 is 1.07 bits per heavy atom. The van der Waals surface area contributed by atoms with E-state index in [2.05, 4.69) is 10.2 Å². The van der Waals surface area contributed by atoms with Gasteiger partial charge >= 0.3 is 0 Å². The van der Waals surface area contributed by atoms with Crippen molar-refractivity contribution in [3.8, 4) is 5.75 Å². The highest BCUT2D eigenvalue weighted by Crippen LogP contribution is 2.20. The molecule has 2 aromatic carbocycles. The summed E-state index contributed by atoms with van der Waals surface area (Å²) in [5.41, 5.74) is 1.37. The molecule has 1 N–H and O–H groups in total. The Bertz CT molecular complexity index is 979. The number of hydrogen-bond donors (Lipinski definition) is 1. The van der Waals surface area contributed by atoms with E-state index in [0.29, 0.717) is 37.6 Å². The zero-order chi connectivity index (χ0) is 20.9. The molecule has 1 amide bonds. The molecular weight excluding hydrogens is 390 g/mol. The van der Waals surface area contributed by atoms with Crippen LogP contribution in [0.3, 0.4) is 0 Å².